The van der Waals surface area contributed by atoms with Crippen molar-refractivity contribution in [3.63, 3.8) is 0 Å². The third-order valence-corrected chi connectivity index (χ3v) is 6.17. The molecule has 0 aliphatic heterocycles. The van der Waals surface area contributed by atoms with E-state index in [4.69, 9.17) is 0 Å². The highest BCUT2D eigenvalue weighted by atomic mass is 32.1. The number of hydrogen-bond acceptors (Lipinski definition) is 1. The van der Waals surface area contributed by atoms with Gasteiger partial charge in [0.05, 0.1) is 11.0 Å². The van der Waals surface area contributed by atoms with Crippen LogP contribution in [-0.4, -0.2) is 4.57 Å². The lowest BCUT2D eigenvalue weighted by Gasteiger charge is -2.08. The highest BCUT2D eigenvalue weighted by Gasteiger charge is 2.10. The van der Waals surface area contributed by atoms with Crippen molar-refractivity contribution in [3.05, 3.63) is 106 Å². The van der Waals surface area contributed by atoms with Crippen molar-refractivity contribution >= 4 is 51.4 Å². The summed E-state index contributed by atoms with van der Waals surface area (Å²) in [4.78, 5) is 2.55. The summed E-state index contributed by atoms with van der Waals surface area (Å²) in [6.45, 7) is 2.05. The first-order valence-corrected chi connectivity index (χ1v) is 10.6. The number of aromatic nitrogens is 1. The SMILES string of the molecule is C/C=C/c1ccc(/C=C/c2ccc(-n3c4ccccc4c4ccccc43)cc2)s1. The first-order valence-electron chi connectivity index (χ1n) is 9.83. The van der Waals surface area contributed by atoms with Crippen molar-refractivity contribution in [2.75, 3.05) is 0 Å². The number of hydrogen-bond donors (Lipinski definition) is 0. The summed E-state index contributed by atoms with van der Waals surface area (Å²) >= 11 is 1.80. The van der Waals surface area contributed by atoms with Gasteiger partial charge in [-0.25, -0.2) is 0 Å². The molecule has 2 heterocycles. The van der Waals surface area contributed by atoms with Crippen LogP contribution in [0, 0.1) is 0 Å². The second-order valence-corrected chi connectivity index (χ2v) is 8.18. The second kappa shape index (κ2) is 7.57. The van der Waals surface area contributed by atoms with E-state index in [-0.39, 0.29) is 0 Å². The molecule has 0 amide bonds. The van der Waals surface area contributed by atoms with Gasteiger partial charge in [0.15, 0.2) is 0 Å². The predicted octanol–water partition coefficient (Wildman–Crippen LogP) is 8.05. The van der Waals surface area contributed by atoms with E-state index < -0.39 is 0 Å². The second-order valence-electron chi connectivity index (χ2n) is 7.03. The van der Waals surface area contributed by atoms with Crippen molar-refractivity contribution in [3.8, 4) is 5.69 Å². The molecule has 0 saturated carbocycles. The van der Waals surface area contributed by atoms with Gasteiger partial charge < -0.3 is 4.57 Å². The molecule has 0 aliphatic carbocycles. The highest BCUT2D eigenvalue weighted by Crippen LogP contribution is 2.31. The van der Waals surface area contributed by atoms with E-state index in [9.17, 15) is 0 Å². The zero-order valence-electron chi connectivity index (χ0n) is 16.2. The Kier molecular flexibility index (Phi) is 4.63. The summed E-state index contributed by atoms with van der Waals surface area (Å²) in [5.74, 6) is 0. The molecule has 0 radical (unpaired) electrons. The summed E-state index contributed by atoms with van der Waals surface area (Å²) in [6, 6.07) is 30.4. The number of thiophene rings is 1. The highest BCUT2D eigenvalue weighted by molar-refractivity contribution is 7.13. The standard InChI is InChI=1S/C27H21NS/c1-2-7-22-18-19-23(29-22)17-14-20-12-15-21(16-13-20)28-26-10-5-3-8-24(26)25-9-4-6-11-27(25)28/h2-19H,1H3/b7-2+,17-14+. The first kappa shape index (κ1) is 17.7. The lowest BCUT2D eigenvalue weighted by atomic mass is 10.2. The van der Waals surface area contributed by atoms with Gasteiger partial charge in [-0.1, -0.05) is 60.7 Å². The van der Waals surface area contributed by atoms with Crippen molar-refractivity contribution in [1.82, 2.24) is 4.57 Å². The fourth-order valence-corrected chi connectivity index (χ4v) is 4.71. The molecule has 5 rings (SSSR count). The summed E-state index contributed by atoms with van der Waals surface area (Å²) in [5, 5.41) is 2.59. The van der Waals surface area contributed by atoms with Crippen LogP contribution in [0.4, 0.5) is 0 Å². The van der Waals surface area contributed by atoms with Crippen LogP contribution in [0.2, 0.25) is 0 Å². The monoisotopic (exact) mass is 391 g/mol. The predicted molar refractivity (Wildman–Crippen MR) is 129 cm³/mol. The minimum atomic E-state index is 1.19. The van der Waals surface area contributed by atoms with Crippen molar-refractivity contribution in [2.45, 2.75) is 6.92 Å². The average Bonchev–Trinajstić information content (AvgIpc) is 3.35. The van der Waals surface area contributed by atoms with Crippen molar-refractivity contribution < 1.29 is 0 Å². The Hall–Kier alpha value is -3.36. The Morgan fingerprint density at radius 3 is 1.83 bits per heavy atom. The van der Waals surface area contributed by atoms with Gasteiger partial charge in [-0.15, -0.1) is 11.3 Å². The molecule has 140 valence electrons. The summed E-state index contributed by atoms with van der Waals surface area (Å²) < 4.78 is 2.35. The molecule has 3 aromatic carbocycles. The molecule has 0 spiro atoms. The van der Waals surface area contributed by atoms with Crippen LogP contribution >= 0.6 is 11.3 Å². The largest absolute Gasteiger partial charge is 0.309 e. The zero-order valence-corrected chi connectivity index (χ0v) is 17.1. The molecule has 0 N–H and O–H groups in total. The molecule has 0 fully saturated rings. The summed E-state index contributed by atoms with van der Waals surface area (Å²) in [6.07, 6.45) is 8.59. The first-order chi connectivity index (χ1) is 14.3. The van der Waals surface area contributed by atoms with Crippen molar-refractivity contribution in [2.24, 2.45) is 0 Å². The number of allylic oxidation sites excluding steroid dienone is 1. The van der Waals surface area contributed by atoms with E-state index in [0.29, 0.717) is 0 Å². The van der Waals surface area contributed by atoms with E-state index in [1.165, 1.54) is 42.8 Å². The minimum Gasteiger partial charge on any atom is -0.309 e. The zero-order chi connectivity index (χ0) is 19.6. The van der Waals surface area contributed by atoms with Crippen LogP contribution in [0.1, 0.15) is 22.2 Å². The van der Waals surface area contributed by atoms with E-state index >= 15 is 0 Å². The third-order valence-electron chi connectivity index (χ3n) is 5.15. The molecule has 0 unspecified atom stereocenters. The molecule has 0 atom stereocenters. The topological polar surface area (TPSA) is 4.93 Å². The Morgan fingerprint density at radius 2 is 1.21 bits per heavy atom. The van der Waals surface area contributed by atoms with Crippen LogP contribution in [0.25, 0.3) is 45.7 Å². The van der Waals surface area contributed by atoms with Crippen LogP contribution in [0.15, 0.2) is 91.0 Å². The molecule has 2 heteroatoms. The summed E-state index contributed by atoms with van der Waals surface area (Å²) in [7, 11) is 0. The Labute approximate surface area is 174 Å². The summed E-state index contributed by atoms with van der Waals surface area (Å²) in [5.41, 5.74) is 4.88. The molecule has 2 aromatic heterocycles. The van der Waals surface area contributed by atoms with E-state index in [1.54, 1.807) is 11.3 Å². The maximum Gasteiger partial charge on any atom is 0.0541 e. The van der Waals surface area contributed by atoms with Gasteiger partial charge >= 0.3 is 0 Å². The Morgan fingerprint density at radius 1 is 0.621 bits per heavy atom. The van der Waals surface area contributed by atoms with Crippen LogP contribution in [0.5, 0.6) is 0 Å². The lowest BCUT2D eigenvalue weighted by molar-refractivity contribution is 1.18. The number of benzene rings is 3. The lowest BCUT2D eigenvalue weighted by Crippen LogP contribution is -1.93. The normalized spacial score (nSPS) is 12.0. The van der Waals surface area contributed by atoms with E-state index in [2.05, 4.69) is 114 Å². The van der Waals surface area contributed by atoms with Gasteiger partial charge in [-0.05, 0) is 61.0 Å². The maximum absolute atomic E-state index is 2.35. The number of nitrogens with zero attached hydrogens (tertiary/aromatic N) is 1. The quantitative estimate of drug-likeness (QED) is 0.292. The van der Waals surface area contributed by atoms with Gasteiger partial charge in [-0.3, -0.25) is 0 Å². The van der Waals surface area contributed by atoms with E-state index in [1.807, 2.05) is 6.92 Å². The van der Waals surface area contributed by atoms with Crippen molar-refractivity contribution in [1.29, 1.82) is 0 Å². The molecule has 29 heavy (non-hydrogen) atoms. The Bertz CT molecular complexity index is 1290. The minimum absolute atomic E-state index is 1.19. The molecule has 0 saturated heterocycles. The van der Waals surface area contributed by atoms with Crippen LogP contribution in [-0.2, 0) is 0 Å². The third kappa shape index (κ3) is 3.32. The fraction of sp³-hybridized carbons (Fsp3) is 0.0370. The molecule has 5 aromatic rings. The number of para-hydroxylation sites is 2. The smallest absolute Gasteiger partial charge is 0.0541 e. The molecule has 0 aliphatic rings. The fourth-order valence-electron chi connectivity index (χ4n) is 3.83. The number of fused-ring (bicyclic) bond motifs is 3. The van der Waals surface area contributed by atoms with Gasteiger partial charge in [-0.2, -0.15) is 0 Å². The molecular weight excluding hydrogens is 370 g/mol. The van der Waals surface area contributed by atoms with Gasteiger partial charge in [0.1, 0.15) is 0 Å². The van der Waals surface area contributed by atoms with Crippen LogP contribution in [0.3, 0.4) is 0 Å². The van der Waals surface area contributed by atoms with Gasteiger partial charge in [0, 0.05) is 26.2 Å². The molecule has 0 bridgehead atoms. The van der Waals surface area contributed by atoms with E-state index in [0.717, 1.165) is 0 Å². The van der Waals surface area contributed by atoms with Crippen LogP contribution < -0.4 is 0 Å². The van der Waals surface area contributed by atoms with Gasteiger partial charge in [0.25, 0.3) is 0 Å². The molecular formula is C27H21NS. The molecule has 1 nitrogen and oxygen atoms in total. The average molecular weight is 392 g/mol. The number of rotatable bonds is 4. The Balaban J connectivity index is 1.51. The maximum atomic E-state index is 2.35. The van der Waals surface area contributed by atoms with Gasteiger partial charge in [0.2, 0.25) is 0 Å².